The van der Waals surface area contributed by atoms with E-state index >= 15 is 0 Å². The zero-order chi connectivity index (χ0) is 8.97. The van der Waals surface area contributed by atoms with Crippen LogP contribution in [0.25, 0.3) is 0 Å². The maximum atomic E-state index is 10.7. The van der Waals surface area contributed by atoms with Crippen LogP contribution in [0.1, 0.15) is 12.5 Å². The molecule has 12 heavy (non-hydrogen) atoms. The first-order valence-corrected chi connectivity index (χ1v) is 5.63. The molecule has 1 nitrogen and oxygen atoms in total. The molecule has 1 rings (SSSR count). The molecule has 0 unspecified atom stereocenters. The predicted molar refractivity (Wildman–Crippen MR) is 61.1 cm³/mol. The number of hydrogen-bond donors (Lipinski definition) is 0. The van der Waals surface area contributed by atoms with E-state index in [4.69, 9.17) is 0 Å². The molecule has 0 aliphatic rings. The van der Waals surface area contributed by atoms with Crippen molar-refractivity contribution >= 4 is 39.5 Å². The molecule has 1 aromatic rings. The molecule has 0 bridgehead atoms. The zero-order valence-electron chi connectivity index (χ0n) is 6.71. The van der Waals surface area contributed by atoms with E-state index in [2.05, 4.69) is 34.7 Å². The van der Waals surface area contributed by atoms with Gasteiger partial charge in [0, 0.05) is 16.2 Å². The van der Waals surface area contributed by atoms with Gasteiger partial charge in [-0.15, -0.1) is 0 Å². The SMILES string of the molecule is CC(=O)SCc1ccccc1I. The summed E-state index contributed by atoms with van der Waals surface area (Å²) in [5, 5.41) is 0.176. The summed E-state index contributed by atoms with van der Waals surface area (Å²) in [6, 6.07) is 8.11. The molecule has 0 aliphatic heterocycles. The van der Waals surface area contributed by atoms with Gasteiger partial charge in [-0.3, -0.25) is 4.79 Å². The number of benzene rings is 1. The van der Waals surface area contributed by atoms with E-state index in [1.807, 2.05) is 12.1 Å². The molecule has 0 aliphatic carbocycles. The number of rotatable bonds is 2. The molecule has 0 aromatic heterocycles. The second-order valence-corrected chi connectivity index (χ2v) is 4.69. The van der Waals surface area contributed by atoms with Crippen molar-refractivity contribution in [2.24, 2.45) is 0 Å². The van der Waals surface area contributed by atoms with Gasteiger partial charge in [0.15, 0.2) is 5.12 Å². The van der Waals surface area contributed by atoms with Gasteiger partial charge >= 0.3 is 0 Å². The summed E-state index contributed by atoms with van der Waals surface area (Å²) in [6.45, 7) is 1.60. The molecule has 0 N–H and O–H groups in total. The first-order chi connectivity index (χ1) is 5.70. The molecule has 0 heterocycles. The van der Waals surface area contributed by atoms with Crippen molar-refractivity contribution in [1.82, 2.24) is 0 Å². The van der Waals surface area contributed by atoms with Crippen molar-refractivity contribution in [3.8, 4) is 0 Å². The van der Waals surface area contributed by atoms with Crippen molar-refractivity contribution in [2.45, 2.75) is 12.7 Å². The fourth-order valence-corrected chi connectivity index (χ4v) is 2.24. The van der Waals surface area contributed by atoms with Crippen molar-refractivity contribution in [1.29, 1.82) is 0 Å². The molecule has 0 saturated carbocycles. The van der Waals surface area contributed by atoms with E-state index in [9.17, 15) is 4.79 Å². The molecule has 0 saturated heterocycles. The number of thioether (sulfide) groups is 1. The molecular weight excluding hydrogens is 283 g/mol. The fraction of sp³-hybridized carbons (Fsp3) is 0.222. The minimum absolute atomic E-state index is 0.176. The Morgan fingerprint density at radius 3 is 2.75 bits per heavy atom. The predicted octanol–water partition coefficient (Wildman–Crippen LogP) is 3.07. The van der Waals surface area contributed by atoms with E-state index in [-0.39, 0.29) is 5.12 Å². The van der Waals surface area contributed by atoms with Crippen LogP contribution < -0.4 is 0 Å². The zero-order valence-corrected chi connectivity index (χ0v) is 9.68. The number of carbonyl (C=O) groups is 1. The summed E-state index contributed by atoms with van der Waals surface area (Å²) in [4.78, 5) is 10.7. The molecule has 0 atom stereocenters. The van der Waals surface area contributed by atoms with E-state index in [1.165, 1.54) is 20.9 Å². The van der Waals surface area contributed by atoms with Gasteiger partial charge < -0.3 is 0 Å². The lowest BCUT2D eigenvalue weighted by Gasteiger charge is -2.00. The summed E-state index contributed by atoms with van der Waals surface area (Å²) >= 11 is 3.64. The molecular formula is C9H9IOS. The second kappa shape index (κ2) is 4.87. The summed E-state index contributed by atoms with van der Waals surface area (Å²) < 4.78 is 1.23. The van der Waals surface area contributed by atoms with Gasteiger partial charge in [-0.25, -0.2) is 0 Å². The van der Waals surface area contributed by atoms with E-state index in [1.54, 1.807) is 6.92 Å². The highest BCUT2D eigenvalue weighted by atomic mass is 127. The van der Waals surface area contributed by atoms with Crippen LogP contribution >= 0.6 is 34.4 Å². The highest BCUT2D eigenvalue weighted by Crippen LogP contribution is 2.18. The normalized spacial score (nSPS) is 9.83. The van der Waals surface area contributed by atoms with Crippen LogP contribution in [0.5, 0.6) is 0 Å². The Morgan fingerprint density at radius 2 is 2.17 bits per heavy atom. The van der Waals surface area contributed by atoms with Gasteiger partial charge in [-0.2, -0.15) is 0 Å². The van der Waals surface area contributed by atoms with Crippen molar-refractivity contribution < 1.29 is 4.79 Å². The first-order valence-electron chi connectivity index (χ1n) is 3.57. The van der Waals surface area contributed by atoms with Gasteiger partial charge in [0.1, 0.15) is 0 Å². The minimum atomic E-state index is 0.176. The first kappa shape index (κ1) is 10.1. The topological polar surface area (TPSA) is 17.1 Å². The highest BCUT2D eigenvalue weighted by molar-refractivity contribution is 14.1. The molecule has 0 amide bonds. The Morgan fingerprint density at radius 1 is 1.50 bits per heavy atom. The van der Waals surface area contributed by atoms with Crippen LogP contribution in [0.3, 0.4) is 0 Å². The Labute approximate surface area is 90.1 Å². The third kappa shape index (κ3) is 3.15. The van der Waals surface area contributed by atoms with Crippen LogP contribution in [0.15, 0.2) is 24.3 Å². The Hall–Kier alpha value is -0.0300. The average molecular weight is 292 g/mol. The lowest BCUT2D eigenvalue weighted by Crippen LogP contribution is -1.88. The summed E-state index contributed by atoms with van der Waals surface area (Å²) in [7, 11) is 0. The van der Waals surface area contributed by atoms with Crippen molar-refractivity contribution in [3.05, 3.63) is 33.4 Å². The molecule has 1 aromatic carbocycles. The van der Waals surface area contributed by atoms with E-state index in [0.717, 1.165) is 5.75 Å². The minimum Gasteiger partial charge on any atom is -0.288 e. The smallest absolute Gasteiger partial charge is 0.186 e. The standard InChI is InChI=1S/C9H9IOS/c1-7(11)12-6-8-4-2-3-5-9(8)10/h2-5H,6H2,1H3. The maximum absolute atomic E-state index is 10.7. The summed E-state index contributed by atoms with van der Waals surface area (Å²) in [5.74, 6) is 0.786. The summed E-state index contributed by atoms with van der Waals surface area (Å²) in [6.07, 6.45) is 0. The van der Waals surface area contributed by atoms with Gasteiger partial charge in [0.05, 0.1) is 0 Å². The quantitative estimate of drug-likeness (QED) is 0.779. The largest absolute Gasteiger partial charge is 0.288 e. The third-order valence-corrected chi connectivity index (χ3v) is 3.30. The van der Waals surface area contributed by atoms with Crippen LogP contribution in [-0.4, -0.2) is 5.12 Å². The van der Waals surface area contributed by atoms with Crippen LogP contribution in [0.4, 0.5) is 0 Å². The molecule has 0 fully saturated rings. The third-order valence-electron chi connectivity index (χ3n) is 1.39. The van der Waals surface area contributed by atoms with Crippen molar-refractivity contribution in [3.63, 3.8) is 0 Å². The lowest BCUT2D eigenvalue weighted by molar-refractivity contribution is -0.109. The van der Waals surface area contributed by atoms with Gasteiger partial charge in [-0.05, 0) is 34.2 Å². The monoisotopic (exact) mass is 292 g/mol. The van der Waals surface area contributed by atoms with Crippen LogP contribution in [0.2, 0.25) is 0 Å². The maximum Gasteiger partial charge on any atom is 0.186 e. The average Bonchev–Trinajstić information content (AvgIpc) is 2.03. The molecule has 0 spiro atoms. The number of halogens is 1. The molecule has 0 radical (unpaired) electrons. The second-order valence-electron chi connectivity index (χ2n) is 2.37. The van der Waals surface area contributed by atoms with Gasteiger partial charge in [0.2, 0.25) is 0 Å². The lowest BCUT2D eigenvalue weighted by atomic mass is 10.2. The Balaban J connectivity index is 2.63. The van der Waals surface area contributed by atoms with Crippen LogP contribution in [0, 0.1) is 3.57 Å². The van der Waals surface area contributed by atoms with Crippen molar-refractivity contribution in [2.75, 3.05) is 0 Å². The van der Waals surface area contributed by atoms with E-state index in [0.29, 0.717) is 0 Å². The molecule has 3 heteroatoms. The van der Waals surface area contributed by atoms with Gasteiger partial charge in [-0.1, -0.05) is 30.0 Å². The van der Waals surface area contributed by atoms with Gasteiger partial charge in [0.25, 0.3) is 0 Å². The Kier molecular flexibility index (Phi) is 4.08. The number of carbonyl (C=O) groups excluding carboxylic acids is 1. The number of hydrogen-bond acceptors (Lipinski definition) is 2. The highest BCUT2D eigenvalue weighted by Gasteiger charge is 1.99. The fourth-order valence-electron chi connectivity index (χ4n) is 0.795. The van der Waals surface area contributed by atoms with E-state index < -0.39 is 0 Å². The Bertz CT molecular complexity index is 286. The molecule has 64 valence electrons. The van der Waals surface area contributed by atoms with Crippen LogP contribution in [-0.2, 0) is 10.5 Å². The summed E-state index contributed by atoms with van der Waals surface area (Å²) in [5.41, 5.74) is 1.23.